The van der Waals surface area contributed by atoms with Crippen molar-refractivity contribution in [3.63, 3.8) is 0 Å². The number of carbonyl (C=O) groups is 1. The third-order valence-corrected chi connectivity index (χ3v) is 7.00. The molecule has 0 bridgehead atoms. The van der Waals surface area contributed by atoms with Crippen LogP contribution in [0.3, 0.4) is 0 Å². The van der Waals surface area contributed by atoms with Gasteiger partial charge in [0, 0.05) is 44.1 Å². The van der Waals surface area contributed by atoms with E-state index in [1.165, 1.54) is 0 Å². The zero-order chi connectivity index (χ0) is 26.7. The van der Waals surface area contributed by atoms with Gasteiger partial charge < -0.3 is 29.4 Å². The Labute approximate surface area is 218 Å². The minimum atomic E-state index is -0.885. The van der Waals surface area contributed by atoms with E-state index in [0.29, 0.717) is 18.0 Å². The summed E-state index contributed by atoms with van der Waals surface area (Å²) in [4.78, 5) is 27.1. The monoisotopic (exact) mass is 512 g/mol. The van der Waals surface area contributed by atoms with Crippen molar-refractivity contribution in [1.82, 2.24) is 9.88 Å². The number of hydrogen-bond donors (Lipinski definition) is 3. The number of nitrogens with one attached hydrogen (secondary N) is 2. The number of pyridine rings is 1. The van der Waals surface area contributed by atoms with Crippen LogP contribution in [0.2, 0.25) is 0 Å². The smallest absolute Gasteiger partial charge is 0.326 e. The summed E-state index contributed by atoms with van der Waals surface area (Å²) in [6.45, 7) is 9.82. The lowest BCUT2D eigenvalue weighted by Gasteiger charge is -2.33. The first-order valence-electron chi connectivity index (χ1n) is 13.2. The molecule has 4 atom stereocenters. The number of fused-ring (bicyclic) bond motifs is 1. The van der Waals surface area contributed by atoms with Crippen molar-refractivity contribution in [1.29, 1.82) is 0 Å². The van der Waals surface area contributed by atoms with E-state index < -0.39 is 18.1 Å². The molecular formula is C28H40N4O5. The number of esters is 1. The largest absolute Gasteiger partial charge is 0.462 e. The van der Waals surface area contributed by atoms with Crippen LogP contribution in [0.1, 0.15) is 56.5 Å². The van der Waals surface area contributed by atoms with Crippen molar-refractivity contribution in [2.75, 3.05) is 30.0 Å². The molecule has 0 saturated carbocycles. The van der Waals surface area contributed by atoms with E-state index in [4.69, 9.17) is 9.47 Å². The number of nitrogens with zero attached hydrogens (tertiary/aromatic N) is 2. The summed E-state index contributed by atoms with van der Waals surface area (Å²) in [6.07, 6.45) is 2.84. The van der Waals surface area contributed by atoms with Crippen molar-refractivity contribution >= 4 is 17.3 Å². The molecule has 1 aromatic carbocycles. The molecule has 2 aromatic rings. The quantitative estimate of drug-likeness (QED) is 0.441. The Balaban J connectivity index is 1.57. The Hall–Kier alpha value is -2.88. The van der Waals surface area contributed by atoms with Crippen LogP contribution in [0.4, 0.5) is 11.4 Å². The number of benzene rings is 1. The fourth-order valence-electron chi connectivity index (χ4n) is 5.16. The number of rotatable bonds is 9. The molecule has 4 rings (SSSR count). The molecule has 0 spiro atoms. The SMILES string of the molecule is Cc1cc(C2Nc3cc(CNC(C(=O)OC(C)C)[C@@H](C)O)ccc3N2C[C@@H]2CCCOC2)cn(C)c1=O. The van der Waals surface area contributed by atoms with Crippen molar-refractivity contribution in [2.45, 2.75) is 71.5 Å². The van der Waals surface area contributed by atoms with Crippen LogP contribution < -0.4 is 21.1 Å². The molecule has 0 radical (unpaired) electrons. The molecule has 9 heteroatoms. The summed E-state index contributed by atoms with van der Waals surface area (Å²) in [5.41, 5.74) is 4.80. The van der Waals surface area contributed by atoms with E-state index in [9.17, 15) is 14.7 Å². The van der Waals surface area contributed by atoms with Gasteiger partial charge in [-0.2, -0.15) is 0 Å². The average molecular weight is 513 g/mol. The van der Waals surface area contributed by atoms with Gasteiger partial charge in [0.2, 0.25) is 0 Å². The lowest BCUT2D eigenvalue weighted by molar-refractivity contribution is -0.152. The van der Waals surface area contributed by atoms with Crippen molar-refractivity contribution in [2.24, 2.45) is 13.0 Å². The third kappa shape index (κ3) is 6.34. The van der Waals surface area contributed by atoms with Gasteiger partial charge in [-0.1, -0.05) is 6.07 Å². The topological polar surface area (TPSA) is 105 Å². The van der Waals surface area contributed by atoms with E-state index in [1.54, 1.807) is 32.4 Å². The highest BCUT2D eigenvalue weighted by atomic mass is 16.5. The zero-order valence-electron chi connectivity index (χ0n) is 22.5. The van der Waals surface area contributed by atoms with E-state index >= 15 is 0 Å². The van der Waals surface area contributed by atoms with E-state index in [-0.39, 0.29) is 17.8 Å². The molecule has 0 aliphatic carbocycles. The highest BCUT2D eigenvalue weighted by Crippen LogP contribution is 2.42. The van der Waals surface area contributed by atoms with Gasteiger partial charge in [0.15, 0.2) is 0 Å². The predicted octanol–water partition coefficient (Wildman–Crippen LogP) is 2.84. The molecule has 0 amide bonds. The van der Waals surface area contributed by atoms with Gasteiger partial charge in [-0.15, -0.1) is 0 Å². The molecular weight excluding hydrogens is 472 g/mol. The van der Waals surface area contributed by atoms with Gasteiger partial charge in [0.05, 0.1) is 30.2 Å². The molecule has 2 aliphatic heterocycles. The standard InChI is InChI=1S/C28H40N4O5/c1-17(2)37-28(35)25(19(4)33)29-13-20-8-9-24-23(12-20)30-26(22-11-18(3)27(34)31(5)15-22)32(24)14-21-7-6-10-36-16-21/h8-9,11-12,15,17,19,21,25-26,29-30,33H,6-7,10,13-14,16H2,1-5H3/t19-,21+,25?,26?/m1/s1. The maximum atomic E-state index is 12.4. The van der Waals surface area contributed by atoms with Gasteiger partial charge >= 0.3 is 5.97 Å². The number of ether oxygens (including phenoxy) is 2. The fraction of sp³-hybridized carbons (Fsp3) is 0.571. The van der Waals surface area contributed by atoms with Crippen LogP contribution in [0, 0.1) is 12.8 Å². The average Bonchev–Trinajstić information content (AvgIpc) is 3.19. The summed E-state index contributed by atoms with van der Waals surface area (Å²) in [5, 5.41) is 16.9. The summed E-state index contributed by atoms with van der Waals surface area (Å²) in [6, 6.07) is 7.37. The Morgan fingerprint density at radius 3 is 2.73 bits per heavy atom. The first kappa shape index (κ1) is 27.2. The molecule has 1 aromatic heterocycles. The van der Waals surface area contributed by atoms with E-state index in [1.807, 2.05) is 25.3 Å². The molecule has 37 heavy (non-hydrogen) atoms. The van der Waals surface area contributed by atoms with E-state index in [2.05, 4.69) is 27.7 Å². The third-order valence-electron chi connectivity index (χ3n) is 7.00. The minimum Gasteiger partial charge on any atom is -0.462 e. The van der Waals surface area contributed by atoms with Gasteiger partial charge in [0.1, 0.15) is 12.2 Å². The van der Waals surface area contributed by atoms with Gasteiger partial charge in [-0.3, -0.25) is 14.9 Å². The Morgan fingerprint density at radius 2 is 2.08 bits per heavy atom. The highest BCUT2D eigenvalue weighted by molar-refractivity contribution is 5.78. The number of aryl methyl sites for hydroxylation is 2. The maximum Gasteiger partial charge on any atom is 0.326 e. The minimum absolute atomic E-state index is 0.00325. The predicted molar refractivity (Wildman–Crippen MR) is 144 cm³/mol. The summed E-state index contributed by atoms with van der Waals surface area (Å²) in [5.74, 6) is -0.0342. The number of anilines is 2. The van der Waals surface area contributed by atoms with Crippen molar-refractivity contribution in [3.05, 3.63) is 57.5 Å². The van der Waals surface area contributed by atoms with Gasteiger partial charge in [-0.05, 0) is 70.2 Å². The van der Waals surface area contributed by atoms with Crippen LogP contribution >= 0.6 is 0 Å². The van der Waals surface area contributed by atoms with E-state index in [0.717, 1.165) is 55.1 Å². The lowest BCUT2D eigenvalue weighted by atomic mass is 10.0. The molecule has 2 aliphatic rings. The lowest BCUT2D eigenvalue weighted by Crippen LogP contribution is -2.46. The number of aliphatic hydroxyl groups is 1. The second-order valence-corrected chi connectivity index (χ2v) is 10.6. The van der Waals surface area contributed by atoms with Gasteiger partial charge in [-0.25, -0.2) is 0 Å². The van der Waals surface area contributed by atoms with Crippen LogP contribution in [0.5, 0.6) is 0 Å². The highest BCUT2D eigenvalue weighted by Gasteiger charge is 2.33. The summed E-state index contributed by atoms with van der Waals surface area (Å²) in [7, 11) is 1.78. The number of aliphatic hydroxyl groups excluding tert-OH is 1. The summed E-state index contributed by atoms with van der Waals surface area (Å²) >= 11 is 0. The normalized spacial score (nSPS) is 20.9. The molecule has 1 fully saturated rings. The molecule has 202 valence electrons. The molecule has 3 heterocycles. The Bertz CT molecular complexity index is 1130. The first-order chi connectivity index (χ1) is 17.6. The molecule has 2 unspecified atom stereocenters. The first-order valence-corrected chi connectivity index (χ1v) is 13.2. The van der Waals surface area contributed by atoms with Crippen LogP contribution in [0.25, 0.3) is 0 Å². The van der Waals surface area contributed by atoms with Crippen LogP contribution in [0.15, 0.2) is 35.3 Å². The van der Waals surface area contributed by atoms with Crippen LogP contribution in [-0.4, -0.2) is 53.7 Å². The Morgan fingerprint density at radius 1 is 1.30 bits per heavy atom. The van der Waals surface area contributed by atoms with Gasteiger partial charge in [0.25, 0.3) is 5.56 Å². The summed E-state index contributed by atoms with van der Waals surface area (Å²) < 4.78 is 12.7. The van der Waals surface area contributed by atoms with Crippen LogP contribution in [-0.2, 0) is 27.9 Å². The number of carbonyl (C=O) groups excluding carboxylic acids is 1. The molecule has 1 saturated heterocycles. The van der Waals surface area contributed by atoms with Crippen molar-refractivity contribution < 1.29 is 19.4 Å². The fourth-order valence-corrected chi connectivity index (χ4v) is 5.16. The second kappa shape index (κ2) is 11.7. The number of hydrogen-bond acceptors (Lipinski definition) is 8. The number of aromatic nitrogens is 1. The maximum absolute atomic E-state index is 12.4. The Kier molecular flexibility index (Phi) is 8.56. The second-order valence-electron chi connectivity index (χ2n) is 10.6. The molecule has 9 nitrogen and oxygen atoms in total. The van der Waals surface area contributed by atoms with Crippen molar-refractivity contribution in [3.8, 4) is 0 Å². The molecule has 3 N–H and O–H groups in total. The zero-order valence-corrected chi connectivity index (χ0v) is 22.5.